The molecule has 0 aliphatic rings. The van der Waals surface area contributed by atoms with E-state index in [-0.39, 0.29) is 23.7 Å². The number of aliphatic hydroxyl groups excluding tert-OH is 1. The van der Waals surface area contributed by atoms with Crippen molar-refractivity contribution in [1.29, 1.82) is 0 Å². The third kappa shape index (κ3) is 5.31. The van der Waals surface area contributed by atoms with Gasteiger partial charge in [-0.1, -0.05) is 55.1 Å². The lowest BCUT2D eigenvalue weighted by Crippen LogP contribution is -2.27. The Morgan fingerprint density at radius 1 is 0.861 bits per heavy atom. The Kier molecular flexibility index (Phi) is 7.22. The topological polar surface area (TPSA) is 105 Å². The summed E-state index contributed by atoms with van der Waals surface area (Å²) in [4.78, 5) is 25.9. The molecule has 3 aromatic carbocycles. The van der Waals surface area contributed by atoms with Crippen LogP contribution in [0.5, 0.6) is 11.5 Å². The van der Waals surface area contributed by atoms with Gasteiger partial charge in [-0.25, -0.2) is 15.0 Å². The molecule has 1 unspecified atom stereocenters. The molecule has 182 valence electrons. The summed E-state index contributed by atoms with van der Waals surface area (Å²) in [7, 11) is 0. The van der Waals surface area contributed by atoms with Crippen LogP contribution in [0.4, 0.5) is 0 Å². The van der Waals surface area contributed by atoms with Gasteiger partial charge in [0.05, 0.1) is 5.56 Å². The summed E-state index contributed by atoms with van der Waals surface area (Å²) in [6, 6.07) is 20.3. The number of ether oxygens (including phenoxy) is 1. The van der Waals surface area contributed by atoms with E-state index < -0.39 is 11.9 Å². The minimum atomic E-state index is -1.33. The van der Waals surface area contributed by atoms with E-state index in [0.717, 1.165) is 22.3 Å². The minimum Gasteiger partial charge on any atom is -0.507 e. The Morgan fingerprint density at radius 3 is 1.83 bits per heavy atom. The van der Waals surface area contributed by atoms with Crippen LogP contribution in [0.2, 0.25) is 0 Å². The van der Waals surface area contributed by atoms with Crippen LogP contribution in [0.15, 0.2) is 78.9 Å². The number of aromatic hydroxyl groups is 1. The number of phenols is 1. The van der Waals surface area contributed by atoms with E-state index in [0.29, 0.717) is 23.0 Å². The molecule has 1 atom stereocenters. The number of carbonyl (C=O) groups excluding carboxylic acids is 1. The first-order valence-electron chi connectivity index (χ1n) is 11.5. The Hall–Kier alpha value is -4.36. The minimum absolute atomic E-state index is 0.106. The lowest BCUT2D eigenvalue weighted by Gasteiger charge is -2.14. The maximum Gasteiger partial charge on any atom is 0.189 e. The molecular formula is C29H27N3O4. The van der Waals surface area contributed by atoms with Crippen molar-refractivity contribution in [3.05, 3.63) is 90.0 Å². The highest BCUT2D eigenvalue weighted by Crippen LogP contribution is 2.33. The van der Waals surface area contributed by atoms with Gasteiger partial charge in [-0.05, 0) is 49.6 Å². The Bertz CT molecular complexity index is 1380. The highest BCUT2D eigenvalue weighted by atomic mass is 16.5. The number of Topliss-reactive ketones (excluding diaryl/α,β-unsaturated/α-hetero) is 1. The largest absolute Gasteiger partial charge is 0.507 e. The summed E-state index contributed by atoms with van der Waals surface area (Å²) in [6.45, 7) is 8.78. The molecule has 0 saturated carbocycles. The number of aromatic nitrogens is 3. The quantitative estimate of drug-likeness (QED) is 0.338. The van der Waals surface area contributed by atoms with E-state index in [2.05, 4.69) is 16.5 Å². The highest BCUT2D eigenvalue weighted by molar-refractivity contribution is 5.97. The third-order valence-electron chi connectivity index (χ3n) is 5.75. The molecule has 0 aliphatic carbocycles. The van der Waals surface area contributed by atoms with E-state index in [1.54, 1.807) is 12.1 Å². The van der Waals surface area contributed by atoms with Crippen molar-refractivity contribution in [2.24, 2.45) is 0 Å². The summed E-state index contributed by atoms with van der Waals surface area (Å²) in [5.41, 5.74) is 4.40. The van der Waals surface area contributed by atoms with Crippen LogP contribution < -0.4 is 4.74 Å². The Labute approximate surface area is 209 Å². The second kappa shape index (κ2) is 10.5. The van der Waals surface area contributed by atoms with Crippen molar-refractivity contribution in [1.82, 2.24) is 15.0 Å². The van der Waals surface area contributed by atoms with Crippen LogP contribution in [0.3, 0.4) is 0 Å². The zero-order valence-corrected chi connectivity index (χ0v) is 20.4. The second-order valence-electron chi connectivity index (χ2n) is 8.59. The molecule has 0 saturated heterocycles. The predicted molar refractivity (Wildman–Crippen MR) is 139 cm³/mol. The normalized spacial score (nSPS) is 11.7. The summed E-state index contributed by atoms with van der Waals surface area (Å²) >= 11 is 0. The van der Waals surface area contributed by atoms with Crippen LogP contribution in [0.1, 0.15) is 18.1 Å². The molecule has 1 heterocycles. The Balaban J connectivity index is 1.74. The molecule has 1 aromatic heterocycles. The van der Waals surface area contributed by atoms with Crippen LogP contribution in [0.25, 0.3) is 34.2 Å². The molecule has 7 heteroatoms. The molecule has 36 heavy (non-hydrogen) atoms. The SMILES string of the molecule is C=C(C)C(=O)C(O)COc1ccc(-c2nc(-c3ccccc3C)nc(-c3ccccc3C)n2)c(O)c1. The molecule has 4 rings (SSSR count). The second-order valence-corrected chi connectivity index (χ2v) is 8.59. The fraction of sp³-hybridized carbons (Fsp3) is 0.172. The first-order chi connectivity index (χ1) is 17.2. The molecule has 0 aliphatic heterocycles. The van der Waals surface area contributed by atoms with Gasteiger partial charge < -0.3 is 14.9 Å². The van der Waals surface area contributed by atoms with Crippen molar-refractivity contribution >= 4 is 5.78 Å². The smallest absolute Gasteiger partial charge is 0.189 e. The van der Waals surface area contributed by atoms with E-state index in [1.165, 1.54) is 13.0 Å². The molecule has 2 N–H and O–H groups in total. The van der Waals surface area contributed by atoms with Crippen molar-refractivity contribution in [2.75, 3.05) is 6.61 Å². The van der Waals surface area contributed by atoms with Gasteiger partial charge in [-0.2, -0.15) is 0 Å². The molecular weight excluding hydrogens is 454 g/mol. The number of carbonyl (C=O) groups is 1. The zero-order valence-electron chi connectivity index (χ0n) is 20.4. The van der Waals surface area contributed by atoms with Crippen molar-refractivity contribution in [3.63, 3.8) is 0 Å². The molecule has 4 aromatic rings. The highest BCUT2D eigenvalue weighted by Gasteiger charge is 2.19. The third-order valence-corrected chi connectivity index (χ3v) is 5.75. The van der Waals surface area contributed by atoms with Crippen LogP contribution in [-0.2, 0) is 4.79 Å². The summed E-state index contributed by atoms with van der Waals surface area (Å²) in [6.07, 6.45) is -1.33. The first kappa shape index (κ1) is 24.8. The number of hydrogen-bond acceptors (Lipinski definition) is 7. The summed E-state index contributed by atoms with van der Waals surface area (Å²) in [5.74, 6) is 0.995. The number of hydrogen-bond donors (Lipinski definition) is 2. The van der Waals surface area contributed by atoms with Gasteiger partial charge in [-0.3, -0.25) is 4.79 Å². The van der Waals surface area contributed by atoms with Crippen LogP contribution in [0, 0.1) is 13.8 Å². The number of nitrogens with zero attached hydrogens (tertiary/aromatic N) is 3. The van der Waals surface area contributed by atoms with Crippen molar-refractivity contribution in [2.45, 2.75) is 26.9 Å². The number of aliphatic hydroxyl groups is 1. The summed E-state index contributed by atoms with van der Waals surface area (Å²) in [5, 5.41) is 20.8. The number of benzene rings is 3. The maximum absolute atomic E-state index is 11.8. The number of ketones is 1. The van der Waals surface area contributed by atoms with E-state index in [1.807, 2.05) is 62.4 Å². The predicted octanol–water partition coefficient (Wildman–Crippen LogP) is 5.08. The number of aryl methyl sites for hydroxylation is 2. The van der Waals surface area contributed by atoms with Gasteiger partial charge in [0.15, 0.2) is 29.4 Å². The average Bonchev–Trinajstić information content (AvgIpc) is 2.87. The summed E-state index contributed by atoms with van der Waals surface area (Å²) < 4.78 is 5.50. The molecule has 0 amide bonds. The van der Waals surface area contributed by atoms with E-state index >= 15 is 0 Å². The molecule has 0 radical (unpaired) electrons. The van der Waals surface area contributed by atoms with E-state index in [4.69, 9.17) is 9.72 Å². The van der Waals surface area contributed by atoms with Gasteiger partial charge in [-0.15, -0.1) is 0 Å². The van der Waals surface area contributed by atoms with Gasteiger partial charge in [0.25, 0.3) is 0 Å². The number of phenolic OH excluding ortho intramolecular Hbond substituents is 1. The Morgan fingerprint density at radius 2 is 1.36 bits per heavy atom. The molecule has 7 nitrogen and oxygen atoms in total. The number of rotatable bonds is 8. The van der Waals surface area contributed by atoms with Crippen molar-refractivity contribution in [3.8, 4) is 45.7 Å². The monoisotopic (exact) mass is 481 g/mol. The van der Waals surface area contributed by atoms with Gasteiger partial charge in [0.1, 0.15) is 18.1 Å². The van der Waals surface area contributed by atoms with Crippen LogP contribution >= 0.6 is 0 Å². The lowest BCUT2D eigenvalue weighted by molar-refractivity contribution is -0.124. The molecule has 0 fully saturated rings. The standard InChI is InChI=1S/C29H27N3O4/c1-17(2)26(35)25(34)16-36-20-13-14-23(24(33)15-20)29-31-27(21-11-7-5-9-18(21)3)30-28(32-29)22-12-8-6-10-19(22)4/h5-15,25,33-34H,1,16H2,2-4H3. The lowest BCUT2D eigenvalue weighted by atomic mass is 10.1. The van der Waals surface area contributed by atoms with Crippen LogP contribution in [-0.4, -0.2) is 43.7 Å². The van der Waals surface area contributed by atoms with Gasteiger partial charge >= 0.3 is 0 Å². The van der Waals surface area contributed by atoms with Crippen molar-refractivity contribution < 1.29 is 19.7 Å². The zero-order chi connectivity index (χ0) is 25.8. The fourth-order valence-corrected chi connectivity index (χ4v) is 3.71. The fourth-order valence-electron chi connectivity index (χ4n) is 3.71. The maximum atomic E-state index is 11.8. The van der Waals surface area contributed by atoms with E-state index in [9.17, 15) is 15.0 Å². The molecule has 0 spiro atoms. The first-order valence-corrected chi connectivity index (χ1v) is 11.5. The van der Waals surface area contributed by atoms with Gasteiger partial charge in [0.2, 0.25) is 0 Å². The van der Waals surface area contributed by atoms with Gasteiger partial charge in [0, 0.05) is 17.2 Å². The average molecular weight is 482 g/mol. The molecule has 0 bridgehead atoms.